The van der Waals surface area contributed by atoms with Gasteiger partial charge in [0.25, 0.3) is 0 Å². The molecule has 4 N–H and O–H groups in total. The number of nitrogens with two attached hydrogens (primary N) is 1. The fourth-order valence-electron chi connectivity index (χ4n) is 1.55. The van der Waals surface area contributed by atoms with E-state index in [-0.39, 0.29) is 28.6 Å². The number of benzene rings is 1. The molecule has 0 saturated heterocycles. The molecule has 0 aliphatic carbocycles. The summed E-state index contributed by atoms with van der Waals surface area (Å²) in [4.78, 5) is 0. The number of aliphatic hydroxyl groups is 2. The third-order valence-corrected chi connectivity index (χ3v) is 3.15. The van der Waals surface area contributed by atoms with Crippen molar-refractivity contribution in [2.45, 2.75) is 24.8 Å². The quantitative estimate of drug-likeness (QED) is 0.800. The summed E-state index contributed by atoms with van der Waals surface area (Å²) in [5.74, 6) is 0. The zero-order valence-electron chi connectivity index (χ0n) is 9.59. The van der Waals surface area contributed by atoms with Gasteiger partial charge in [0.2, 0.25) is 0 Å². The van der Waals surface area contributed by atoms with Crippen LogP contribution in [0.25, 0.3) is 0 Å². The Bertz CT molecular complexity index is 431. The lowest BCUT2D eigenvalue weighted by Crippen LogP contribution is -2.22. The van der Waals surface area contributed by atoms with E-state index in [0.717, 1.165) is 0 Å². The van der Waals surface area contributed by atoms with Crippen molar-refractivity contribution in [2.75, 3.05) is 6.54 Å². The standard InChI is InChI=1S/C11H12Cl2F3NO2/c12-6-3-5(11(14,15)16)4-7(13)9(6)10(19)8(18)1-2-17/h3-4,8,10,18-19H,1-2,17H2. The molecule has 0 aliphatic heterocycles. The van der Waals surface area contributed by atoms with Gasteiger partial charge in [0, 0.05) is 15.6 Å². The van der Waals surface area contributed by atoms with Crippen LogP contribution in [0.2, 0.25) is 10.0 Å². The van der Waals surface area contributed by atoms with Gasteiger partial charge in [0.05, 0.1) is 11.7 Å². The van der Waals surface area contributed by atoms with E-state index < -0.39 is 23.9 Å². The van der Waals surface area contributed by atoms with E-state index in [1.807, 2.05) is 0 Å². The molecule has 8 heteroatoms. The first-order chi connectivity index (χ1) is 8.68. The molecule has 0 saturated carbocycles. The van der Waals surface area contributed by atoms with Crippen molar-refractivity contribution in [3.05, 3.63) is 33.3 Å². The number of aliphatic hydroxyl groups excluding tert-OH is 2. The van der Waals surface area contributed by atoms with E-state index in [4.69, 9.17) is 28.9 Å². The van der Waals surface area contributed by atoms with Gasteiger partial charge in [-0.2, -0.15) is 13.2 Å². The first-order valence-corrected chi connectivity index (χ1v) is 6.06. The number of hydrogen-bond donors (Lipinski definition) is 3. The van der Waals surface area contributed by atoms with Gasteiger partial charge in [-0.3, -0.25) is 0 Å². The Balaban J connectivity index is 3.17. The molecule has 0 aliphatic rings. The normalized spacial score (nSPS) is 15.4. The summed E-state index contributed by atoms with van der Waals surface area (Å²) in [7, 11) is 0. The predicted molar refractivity (Wildman–Crippen MR) is 66.1 cm³/mol. The van der Waals surface area contributed by atoms with Gasteiger partial charge >= 0.3 is 6.18 Å². The predicted octanol–water partition coefficient (Wildman–Crippen LogP) is 2.76. The van der Waals surface area contributed by atoms with Crippen molar-refractivity contribution in [3.63, 3.8) is 0 Å². The van der Waals surface area contributed by atoms with Crippen LogP contribution >= 0.6 is 23.2 Å². The van der Waals surface area contributed by atoms with Crippen LogP contribution in [0.5, 0.6) is 0 Å². The van der Waals surface area contributed by atoms with Gasteiger partial charge in [0.15, 0.2) is 0 Å². The summed E-state index contributed by atoms with van der Waals surface area (Å²) in [6.07, 6.45) is -7.27. The maximum Gasteiger partial charge on any atom is 0.416 e. The van der Waals surface area contributed by atoms with Crippen LogP contribution in [0.1, 0.15) is 23.7 Å². The highest BCUT2D eigenvalue weighted by Crippen LogP contribution is 2.39. The lowest BCUT2D eigenvalue weighted by Gasteiger charge is -2.21. The second-order valence-corrected chi connectivity index (χ2v) is 4.76. The molecule has 1 aromatic carbocycles. The first-order valence-electron chi connectivity index (χ1n) is 5.30. The van der Waals surface area contributed by atoms with E-state index in [1.54, 1.807) is 0 Å². The highest BCUT2D eigenvalue weighted by Gasteiger charge is 2.33. The van der Waals surface area contributed by atoms with Crippen molar-refractivity contribution >= 4 is 23.2 Å². The molecule has 0 aromatic heterocycles. The van der Waals surface area contributed by atoms with E-state index in [0.29, 0.717) is 12.1 Å². The lowest BCUT2D eigenvalue weighted by molar-refractivity contribution is -0.137. The van der Waals surface area contributed by atoms with Gasteiger partial charge in [0.1, 0.15) is 6.10 Å². The smallest absolute Gasteiger partial charge is 0.390 e. The molecule has 108 valence electrons. The zero-order chi connectivity index (χ0) is 14.8. The summed E-state index contributed by atoms with van der Waals surface area (Å²) < 4.78 is 37.5. The minimum atomic E-state index is -4.59. The van der Waals surface area contributed by atoms with Crippen molar-refractivity contribution in [1.29, 1.82) is 0 Å². The fraction of sp³-hybridized carbons (Fsp3) is 0.455. The molecule has 3 nitrogen and oxygen atoms in total. The molecular weight excluding hydrogens is 306 g/mol. The number of alkyl halides is 3. The van der Waals surface area contributed by atoms with Gasteiger partial charge in [-0.25, -0.2) is 0 Å². The van der Waals surface area contributed by atoms with Crippen molar-refractivity contribution < 1.29 is 23.4 Å². The molecule has 1 rings (SSSR count). The van der Waals surface area contributed by atoms with Gasteiger partial charge < -0.3 is 15.9 Å². The van der Waals surface area contributed by atoms with Crippen LogP contribution in [0.15, 0.2) is 12.1 Å². The van der Waals surface area contributed by atoms with E-state index in [9.17, 15) is 23.4 Å². The highest BCUT2D eigenvalue weighted by atomic mass is 35.5. The Morgan fingerprint density at radius 1 is 1.16 bits per heavy atom. The van der Waals surface area contributed by atoms with E-state index >= 15 is 0 Å². The fourth-order valence-corrected chi connectivity index (χ4v) is 2.26. The SMILES string of the molecule is NCCC(O)C(O)c1c(Cl)cc(C(F)(F)F)cc1Cl. The average Bonchev–Trinajstić information content (AvgIpc) is 2.26. The molecular formula is C11H12Cl2F3NO2. The number of halogens is 5. The largest absolute Gasteiger partial charge is 0.416 e. The molecule has 0 radical (unpaired) electrons. The molecule has 0 bridgehead atoms. The Morgan fingerprint density at radius 3 is 2.00 bits per heavy atom. The Kier molecular flexibility index (Phi) is 5.46. The summed E-state index contributed by atoms with van der Waals surface area (Å²) in [6.45, 7) is 0.105. The number of hydrogen-bond acceptors (Lipinski definition) is 3. The molecule has 0 fully saturated rings. The Labute approximate surface area is 117 Å². The highest BCUT2D eigenvalue weighted by molar-refractivity contribution is 6.36. The van der Waals surface area contributed by atoms with Crippen molar-refractivity contribution in [3.8, 4) is 0 Å². The molecule has 0 spiro atoms. The summed E-state index contributed by atoms with van der Waals surface area (Å²) in [5, 5.41) is 18.7. The van der Waals surface area contributed by atoms with Crippen LogP contribution in [-0.2, 0) is 6.18 Å². The third-order valence-electron chi connectivity index (χ3n) is 2.53. The second kappa shape index (κ2) is 6.28. The van der Waals surface area contributed by atoms with Gasteiger partial charge in [-0.05, 0) is 25.1 Å². The van der Waals surface area contributed by atoms with Crippen LogP contribution in [0.4, 0.5) is 13.2 Å². The van der Waals surface area contributed by atoms with Crippen LogP contribution in [0.3, 0.4) is 0 Å². The first kappa shape index (κ1) is 16.5. The minimum Gasteiger partial charge on any atom is -0.390 e. The Morgan fingerprint density at radius 2 is 1.63 bits per heavy atom. The van der Waals surface area contributed by atoms with Crippen LogP contribution < -0.4 is 5.73 Å². The van der Waals surface area contributed by atoms with Gasteiger partial charge in [-0.15, -0.1) is 0 Å². The van der Waals surface area contributed by atoms with E-state index in [2.05, 4.69) is 0 Å². The van der Waals surface area contributed by atoms with Crippen LogP contribution in [0, 0.1) is 0 Å². The summed E-state index contributed by atoms with van der Waals surface area (Å²) in [6, 6.07) is 1.31. The average molecular weight is 318 g/mol. The van der Waals surface area contributed by atoms with Gasteiger partial charge in [-0.1, -0.05) is 23.2 Å². The third kappa shape index (κ3) is 3.97. The topological polar surface area (TPSA) is 66.5 Å². The summed E-state index contributed by atoms with van der Waals surface area (Å²) in [5.41, 5.74) is 4.05. The monoisotopic (exact) mass is 317 g/mol. The molecule has 2 unspecified atom stereocenters. The van der Waals surface area contributed by atoms with E-state index in [1.165, 1.54) is 0 Å². The summed E-state index contributed by atoms with van der Waals surface area (Å²) >= 11 is 11.4. The van der Waals surface area contributed by atoms with Crippen LogP contribution in [-0.4, -0.2) is 22.9 Å². The van der Waals surface area contributed by atoms with Crippen molar-refractivity contribution in [1.82, 2.24) is 0 Å². The molecule has 0 heterocycles. The molecule has 19 heavy (non-hydrogen) atoms. The van der Waals surface area contributed by atoms with Crippen molar-refractivity contribution in [2.24, 2.45) is 5.73 Å². The maximum atomic E-state index is 12.5. The Hall–Kier alpha value is -0.530. The second-order valence-electron chi connectivity index (χ2n) is 3.94. The lowest BCUT2D eigenvalue weighted by atomic mass is 10.0. The molecule has 0 amide bonds. The zero-order valence-corrected chi connectivity index (χ0v) is 11.1. The minimum absolute atomic E-state index is 0.0643. The molecule has 1 aromatic rings. The number of rotatable bonds is 4. The molecule has 2 atom stereocenters. The maximum absolute atomic E-state index is 12.5.